The summed E-state index contributed by atoms with van der Waals surface area (Å²) in [6, 6.07) is 5.04. The van der Waals surface area contributed by atoms with Crippen LogP contribution >= 0.6 is 0 Å². The van der Waals surface area contributed by atoms with Gasteiger partial charge in [0.1, 0.15) is 5.82 Å². The Morgan fingerprint density at radius 1 is 1.12 bits per heavy atom. The summed E-state index contributed by atoms with van der Waals surface area (Å²) < 4.78 is 14.3. The van der Waals surface area contributed by atoms with Crippen molar-refractivity contribution in [3.63, 3.8) is 0 Å². The number of para-hydroxylation sites is 1. The summed E-state index contributed by atoms with van der Waals surface area (Å²) in [4.78, 5) is 28.9. The maximum atomic E-state index is 14.3. The number of hydrogen-bond acceptors (Lipinski definition) is 2. The molecule has 2 aliphatic heterocycles. The zero-order valence-corrected chi connectivity index (χ0v) is 15.3. The molecule has 0 aromatic heterocycles. The zero-order chi connectivity index (χ0) is 18.2. The Kier molecular flexibility index (Phi) is 4.85. The second-order valence-electron chi connectivity index (χ2n) is 8.16. The molecule has 4 nitrogen and oxygen atoms in total. The SMILES string of the molecule is CC(C)(C)C(=O)N1CCC(C(=O)N2CCCc3cccc(F)c32)CC1. The van der Waals surface area contributed by atoms with Crippen LogP contribution in [0.4, 0.5) is 10.1 Å². The number of nitrogens with zero attached hydrogens (tertiary/aromatic N) is 2. The molecule has 0 N–H and O–H groups in total. The van der Waals surface area contributed by atoms with E-state index in [9.17, 15) is 14.0 Å². The molecule has 2 amide bonds. The Hall–Kier alpha value is -1.91. The van der Waals surface area contributed by atoms with E-state index in [1.807, 2.05) is 31.7 Å². The van der Waals surface area contributed by atoms with Gasteiger partial charge in [0, 0.05) is 31.0 Å². The molecule has 1 aromatic rings. The maximum Gasteiger partial charge on any atom is 0.230 e. The fraction of sp³-hybridized carbons (Fsp3) is 0.600. The fourth-order valence-electron chi connectivity index (χ4n) is 3.85. The molecule has 3 rings (SSSR count). The number of likely N-dealkylation sites (tertiary alicyclic amines) is 1. The molecule has 0 aliphatic carbocycles. The number of rotatable bonds is 1. The Morgan fingerprint density at radius 3 is 2.44 bits per heavy atom. The van der Waals surface area contributed by atoms with Gasteiger partial charge >= 0.3 is 0 Å². The van der Waals surface area contributed by atoms with E-state index in [1.165, 1.54) is 6.07 Å². The molecule has 2 heterocycles. The highest BCUT2D eigenvalue weighted by atomic mass is 19.1. The predicted molar refractivity (Wildman–Crippen MR) is 95.8 cm³/mol. The second-order valence-corrected chi connectivity index (χ2v) is 8.16. The minimum atomic E-state index is -0.397. The molecule has 0 bridgehead atoms. The monoisotopic (exact) mass is 346 g/mol. The number of amides is 2. The van der Waals surface area contributed by atoms with E-state index in [-0.39, 0.29) is 23.5 Å². The molecule has 0 saturated carbocycles. The molecular weight excluding hydrogens is 319 g/mol. The number of benzene rings is 1. The lowest BCUT2D eigenvalue weighted by Crippen LogP contribution is -2.48. The predicted octanol–water partition coefficient (Wildman–Crippen LogP) is 3.39. The first-order valence-corrected chi connectivity index (χ1v) is 9.17. The van der Waals surface area contributed by atoms with Crippen LogP contribution in [0.1, 0.15) is 45.6 Å². The van der Waals surface area contributed by atoms with Crippen LogP contribution < -0.4 is 4.90 Å². The van der Waals surface area contributed by atoms with E-state index < -0.39 is 5.41 Å². The fourth-order valence-corrected chi connectivity index (χ4v) is 3.85. The van der Waals surface area contributed by atoms with Crippen LogP contribution in [0.2, 0.25) is 0 Å². The number of aryl methyl sites for hydroxylation is 1. The third kappa shape index (κ3) is 3.55. The molecule has 25 heavy (non-hydrogen) atoms. The molecule has 1 saturated heterocycles. The topological polar surface area (TPSA) is 40.6 Å². The molecule has 0 atom stereocenters. The van der Waals surface area contributed by atoms with Gasteiger partial charge in [0.05, 0.1) is 5.69 Å². The molecule has 0 unspecified atom stereocenters. The molecule has 136 valence electrons. The van der Waals surface area contributed by atoms with Gasteiger partial charge in [0.2, 0.25) is 11.8 Å². The number of piperidine rings is 1. The highest BCUT2D eigenvalue weighted by Crippen LogP contribution is 2.33. The van der Waals surface area contributed by atoms with Crippen LogP contribution in [0.25, 0.3) is 0 Å². The van der Waals surface area contributed by atoms with Gasteiger partial charge in [-0.3, -0.25) is 9.59 Å². The van der Waals surface area contributed by atoms with Crippen LogP contribution in [-0.4, -0.2) is 36.3 Å². The lowest BCUT2D eigenvalue weighted by molar-refractivity contribution is -0.142. The third-order valence-corrected chi connectivity index (χ3v) is 5.21. The van der Waals surface area contributed by atoms with Crippen molar-refractivity contribution in [3.8, 4) is 0 Å². The van der Waals surface area contributed by atoms with E-state index in [1.54, 1.807) is 11.0 Å². The first-order valence-electron chi connectivity index (χ1n) is 9.17. The van der Waals surface area contributed by atoms with Gasteiger partial charge in [-0.1, -0.05) is 32.9 Å². The van der Waals surface area contributed by atoms with E-state index in [0.717, 1.165) is 18.4 Å². The molecule has 0 spiro atoms. The van der Waals surface area contributed by atoms with Crippen molar-refractivity contribution >= 4 is 17.5 Å². The number of anilines is 1. The van der Waals surface area contributed by atoms with Crippen molar-refractivity contribution < 1.29 is 14.0 Å². The number of carbonyl (C=O) groups excluding carboxylic acids is 2. The first-order chi connectivity index (χ1) is 11.8. The zero-order valence-electron chi connectivity index (χ0n) is 15.3. The van der Waals surface area contributed by atoms with E-state index in [4.69, 9.17) is 0 Å². The van der Waals surface area contributed by atoms with E-state index in [0.29, 0.717) is 38.2 Å². The Bertz CT molecular complexity index is 673. The highest BCUT2D eigenvalue weighted by Gasteiger charge is 2.35. The van der Waals surface area contributed by atoms with Crippen LogP contribution in [0.15, 0.2) is 18.2 Å². The van der Waals surface area contributed by atoms with E-state index >= 15 is 0 Å². The van der Waals surface area contributed by atoms with Crippen molar-refractivity contribution in [1.82, 2.24) is 4.90 Å². The van der Waals surface area contributed by atoms with Gasteiger partial charge in [0.15, 0.2) is 0 Å². The van der Waals surface area contributed by atoms with Crippen LogP contribution in [0.5, 0.6) is 0 Å². The third-order valence-electron chi connectivity index (χ3n) is 5.21. The van der Waals surface area contributed by atoms with Crippen LogP contribution in [0.3, 0.4) is 0 Å². The molecule has 2 aliphatic rings. The standard InChI is InChI=1S/C20H27FN2O2/c1-20(2,3)19(25)22-12-9-15(10-13-22)18(24)23-11-5-7-14-6-4-8-16(21)17(14)23/h4,6,8,15H,5,7,9-13H2,1-3H3. The summed E-state index contributed by atoms with van der Waals surface area (Å²) in [6.07, 6.45) is 2.99. The molecule has 5 heteroatoms. The average Bonchev–Trinajstić information content (AvgIpc) is 2.59. The summed E-state index contributed by atoms with van der Waals surface area (Å²) in [6.45, 7) is 7.53. The van der Waals surface area contributed by atoms with Gasteiger partial charge in [-0.25, -0.2) is 4.39 Å². The number of hydrogen-bond donors (Lipinski definition) is 0. The lowest BCUT2D eigenvalue weighted by atomic mass is 9.90. The lowest BCUT2D eigenvalue weighted by Gasteiger charge is -2.38. The first kappa shape index (κ1) is 17.9. The summed E-state index contributed by atoms with van der Waals surface area (Å²) in [5.41, 5.74) is 0.984. The van der Waals surface area contributed by atoms with Crippen LogP contribution in [-0.2, 0) is 16.0 Å². The van der Waals surface area contributed by atoms with Crippen LogP contribution in [0, 0.1) is 17.2 Å². The molecule has 1 aromatic carbocycles. The molecule has 0 radical (unpaired) electrons. The second kappa shape index (κ2) is 6.77. The van der Waals surface area contributed by atoms with Gasteiger partial charge in [-0.05, 0) is 37.3 Å². The molecule has 1 fully saturated rings. The number of fused-ring (bicyclic) bond motifs is 1. The Balaban J connectivity index is 1.70. The van der Waals surface area contributed by atoms with Gasteiger partial charge < -0.3 is 9.80 Å². The minimum absolute atomic E-state index is 0.00825. The minimum Gasteiger partial charge on any atom is -0.342 e. The van der Waals surface area contributed by atoms with Gasteiger partial charge in [0.25, 0.3) is 0 Å². The van der Waals surface area contributed by atoms with Gasteiger partial charge in [-0.15, -0.1) is 0 Å². The average molecular weight is 346 g/mol. The number of halogens is 1. The Labute approximate surface area is 149 Å². The Morgan fingerprint density at radius 2 is 1.80 bits per heavy atom. The smallest absolute Gasteiger partial charge is 0.230 e. The highest BCUT2D eigenvalue weighted by molar-refractivity contribution is 5.96. The van der Waals surface area contributed by atoms with Crippen molar-refractivity contribution in [2.45, 2.75) is 46.5 Å². The quantitative estimate of drug-likeness (QED) is 0.782. The maximum absolute atomic E-state index is 14.3. The van der Waals surface area contributed by atoms with Crippen molar-refractivity contribution in [2.75, 3.05) is 24.5 Å². The summed E-state index contributed by atoms with van der Waals surface area (Å²) in [7, 11) is 0. The van der Waals surface area contributed by atoms with Crippen molar-refractivity contribution in [3.05, 3.63) is 29.6 Å². The normalized spacial score (nSPS) is 18.9. The van der Waals surface area contributed by atoms with Crippen molar-refractivity contribution in [2.24, 2.45) is 11.3 Å². The van der Waals surface area contributed by atoms with Gasteiger partial charge in [-0.2, -0.15) is 0 Å². The molecular formula is C20H27FN2O2. The largest absolute Gasteiger partial charge is 0.342 e. The number of carbonyl (C=O) groups is 2. The summed E-state index contributed by atoms with van der Waals surface area (Å²) in [5.74, 6) is -0.304. The van der Waals surface area contributed by atoms with E-state index in [2.05, 4.69) is 0 Å². The summed E-state index contributed by atoms with van der Waals surface area (Å²) >= 11 is 0. The summed E-state index contributed by atoms with van der Waals surface area (Å²) in [5, 5.41) is 0. The van der Waals surface area contributed by atoms with Crippen molar-refractivity contribution in [1.29, 1.82) is 0 Å².